The minimum absolute atomic E-state index is 0.0124. The van der Waals surface area contributed by atoms with E-state index < -0.39 is 23.9 Å². The van der Waals surface area contributed by atoms with Gasteiger partial charge in [-0.15, -0.1) is 0 Å². The Bertz CT molecular complexity index is 950. The number of carboxylic acid groups (broad SMARTS) is 2. The Morgan fingerprint density at radius 2 is 0.902 bits per heavy atom. The average molecular weight is 732 g/mol. The van der Waals surface area contributed by atoms with E-state index in [2.05, 4.69) is 16.0 Å². The van der Waals surface area contributed by atoms with Crippen LogP contribution in [0.2, 0.25) is 0 Å². The Morgan fingerprint density at radius 3 is 1.35 bits per heavy atom. The first-order valence-electron chi connectivity index (χ1n) is 18.7. The Morgan fingerprint density at radius 1 is 0.490 bits per heavy atom. The lowest BCUT2D eigenvalue weighted by atomic mass is 10.0. The Balaban J connectivity index is 3.42. The molecule has 0 aliphatic carbocycles. The van der Waals surface area contributed by atoms with E-state index in [1.165, 1.54) is 58.3 Å². The number of carbonyl (C=O) groups is 6. The van der Waals surface area contributed by atoms with E-state index in [0.717, 1.165) is 38.5 Å². The van der Waals surface area contributed by atoms with Crippen LogP contribution in [0, 0.1) is 0 Å². The summed E-state index contributed by atoms with van der Waals surface area (Å²) in [6, 6.07) is -1.15. The fourth-order valence-electron chi connectivity index (χ4n) is 4.96. The summed E-state index contributed by atoms with van der Waals surface area (Å²) in [4.78, 5) is 68.3. The third-order valence-electron chi connectivity index (χ3n) is 7.81. The van der Waals surface area contributed by atoms with Gasteiger partial charge in [-0.2, -0.15) is 0 Å². The lowest BCUT2D eigenvalue weighted by Gasteiger charge is -2.14. The quantitative estimate of drug-likeness (QED) is 0.0577. The second kappa shape index (κ2) is 35.3. The van der Waals surface area contributed by atoms with Crippen LogP contribution < -0.4 is 16.0 Å². The Kier molecular flexibility index (Phi) is 33.1. The van der Waals surface area contributed by atoms with Crippen LogP contribution in [-0.4, -0.2) is 118 Å². The summed E-state index contributed by atoms with van der Waals surface area (Å²) in [6.07, 6.45) is 16.9. The van der Waals surface area contributed by atoms with Crippen molar-refractivity contribution in [1.82, 2.24) is 16.0 Å². The molecule has 0 fully saturated rings. The number of amides is 3. The molecular weight excluding hydrogens is 666 g/mol. The summed E-state index contributed by atoms with van der Waals surface area (Å²) >= 11 is 0. The molecule has 1 unspecified atom stereocenters. The minimum atomic E-state index is -1.22. The molecule has 15 nitrogen and oxygen atoms in total. The first-order chi connectivity index (χ1) is 24.6. The number of aliphatic carboxylic acids is 2. The number of nitrogens with one attached hydrogen (secondary N) is 3. The maximum absolute atomic E-state index is 12.0. The maximum atomic E-state index is 12.0. The predicted octanol–water partition coefficient (Wildman–Crippen LogP) is 3.55. The molecule has 0 aliphatic heterocycles. The van der Waals surface area contributed by atoms with Crippen molar-refractivity contribution in [3.63, 3.8) is 0 Å². The molecule has 0 rings (SSSR count). The highest BCUT2D eigenvalue weighted by molar-refractivity contribution is 5.85. The second-order valence-corrected chi connectivity index (χ2v) is 12.6. The molecule has 0 saturated carbocycles. The maximum Gasteiger partial charge on any atom is 0.326 e. The molecule has 1 atom stereocenters. The fourth-order valence-corrected chi connectivity index (χ4v) is 4.96. The van der Waals surface area contributed by atoms with Crippen LogP contribution in [0.1, 0.15) is 122 Å². The number of carboxylic acids is 2. The highest BCUT2D eigenvalue weighted by Crippen LogP contribution is 2.13. The predicted molar refractivity (Wildman–Crippen MR) is 190 cm³/mol. The van der Waals surface area contributed by atoms with Gasteiger partial charge in [0.05, 0.1) is 39.6 Å². The minimum Gasteiger partial charge on any atom is -0.481 e. The number of ether oxygens (including phenoxy) is 4. The topological polar surface area (TPSA) is 216 Å². The highest BCUT2D eigenvalue weighted by Gasteiger charge is 2.20. The van der Waals surface area contributed by atoms with E-state index in [4.69, 9.17) is 29.2 Å². The van der Waals surface area contributed by atoms with Crippen LogP contribution in [0.25, 0.3) is 0 Å². The summed E-state index contributed by atoms with van der Waals surface area (Å²) < 4.78 is 21.2. The van der Waals surface area contributed by atoms with E-state index in [-0.39, 0.29) is 83.0 Å². The zero-order valence-corrected chi connectivity index (χ0v) is 30.9. The molecule has 5 N–H and O–H groups in total. The lowest BCUT2D eigenvalue weighted by Crippen LogP contribution is -2.42. The van der Waals surface area contributed by atoms with Crippen molar-refractivity contribution in [3.05, 3.63) is 0 Å². The molecular formula is C36H65N3O12. The van der Waals surface area contributed by atoms with Gasteiger partial charge in [0.1, 0.15) is 25.0 Å². The molecule has 0 aliphatic rings. The number of rotatable bonds is 38. The van der Waals surface area contributed by atoms with Crippen LogP contribution in [-0.2, 0) is 47.7 Å². The third kappa shape index (κ3) is 36.5. The summed E-state index contributed by atoms with van der Waals surface area (Å²) in [6.45, 7) is 2.99. The summed E-state index contributed by atoms with van der Waals surface area (Å²) in [5.41, 5.74) is 0. The van der Waals surface area contributed by atoms with E-state index in [1.807, 2.05) is 0 Å². The highest BCUT2D eigenvalue weighted by atomic mass is 16.5. The number of unbranched alkanes of at least 4 members (excludes halogenated alkanes) is 13. The smallest absolute Gasteiger partial charge is 0.326 e. The fraction of sp³-hybridized carbons (Fsp3) is 0.833. The number of ketones is 1. The van der Waals surface area contributed by atoms with Crippen molar-refractivity contribution in [2.45, 2.75) is 129 Å². The van der Waals surface area contributed by atoms with Gasteiger partial charge in [0.2, 0.25) is 17.7 Å². The molecule has 0 aromatic rings. The van der Waals surface area contributed by atoms with Gasteiger partial charge in [0, 0.05) is 32.4 Å². The summed E-state index contributed by atoms with van der Waals surface area (Å²) in [7, 11) is 0. The molecule has 0 aromatic carbocycles. The molecule has 0 heterocycles. The Hall–Kier alpha value is -3.14. The number of hydrogen-bond donors (Lipinski definition) is 5. The van der Waals surface area contributed by atoms with Gasteiger partial charge in [-0.3, -0.25) is 19.2 Å². The molecule has 0 bridgehead atoms. The van der Waals surface area contributed by atoms with Gasteiger partial charge in [0.25, 0.3) is 0 Å². The molecule has 3 amide bonds. The van der Waals surface area contributed by atoms with Crippen molar-refractivity contribution in [3.8, 4) is 0 Å². The standard InChI is InChI=1S/C36H65N3O12/c1-30(40)18-19-31(36(46)47)39-34(43)29-51-27-25-49-23-21-38-33(42)28-50-26-24-48-22-20-37-32(41)16-14-12-10-8-6-4-2-3-5-7-9-11-13-15-17-35(44)45/h31H,2-29H2,1H3,(H,37,41)(H,38,42)(H,39,43)(H,44,45)(H,46,47). The van der Waals surface area contributed by atoms with Crippen molar-refractivity contribution in [1.29, 1.82) is 0 Å². The summed E-state index contributed by atoms with van der Waals surface area (Å²) in [5, 5.41) is 25.5. The Labute approximate surface area is 303 Å². The van der Waals surface area contributed by atoms with Crippen LogP contribution in [0.3, 0.4) is 0 Å². The van der Waals surface area contributed by atoms with Crippen molar-refractivity contribution in [2.24, 2.45) is 0 Å². The normalized spacial score (nSPS) is 11.5. The van der Waals surface area contributed by atoms with E-state index >= 15 is 0 Å². The summed E-state index contributed by atoms with van der Waals surface area (Å²) in [5.74, 6) is -2.95. The zero-order chi connectivity index (χ0) is 37.8. The van der Waals surface area contributed by atoms with Gasteiger partial charge in [-0.1, -0.05) is 77.0 Å². The van der Waals surface area contributed by atoms with Gasteiger partial charge in [-0.05, 0) is 26.2 Å². The van der Waals surface area contributed by atoms with Crippen LogP contribution in [0.15, 0.2) is 0 Å². The first-order valence-corrected chi connectivity index (χ1v) is 18.7. The molecule has 51 heavy (non-hydrogen) atoms. The number of Topliss-reactive ketones (excluding diaryl/α,β-unsaturated/α-hetero) is 1. The second-order valence-electron chi connectivity index (χ2n) is 12.6. The van der Waals surface area contributed by atoms with Crippen molar-refractivity contribution >= 4 is 35.4 Å². The van der Waals surface area contributed by atoms with E-state index in [0.29, 0.717) is 26.2 Å². The SMILES string of the molecule is CC(=O)CCC(NC(=O)COCCOCCNC(=O)COCCOCCNC(=O)CCCCCCCCCCCCCCCCC(=O)O)C(=O)O. The molecule has 296 valence electrons. The monoisotopic (exact) mass is 731 g/mol. The van der Waals surface area contributed by atoms with Crippen LogP contribution in [0.5, 0.6) is 0 Å². The third-order valence-corrected chi connectivity index (χ3v) is 7.81. The number of carbonyl (C=O) groups excluding carboxylic acids is 4. The van der Waals surface area contributed by atoms with Gasteiger partial charge in [-0.25, -0.2) is 4.79 Å². The molecule has 0 aromatic heterocycles. The molecule has 0 spiro atoms. The first kappa shape index (κ1) is 47.9. The zero-order valence-electron chi connectivity index (χ0n) is 30.9. The van der Waals surface area contributed by atoms with Crippen LogP contribution >= 0.6 is 0 Å². The van der Waals surface area contributed by atoms with Crippen molar-refractivity contribution in [2.75, 3.05) is 65.9 Å². The van der Waals surface area contributed by atoms with Gasteiger partial charge in [0.15, 0.2) is 0 Å². The average Bonchev–Trinajstić information content (AvgIpc) is 3.08. The molecule has 15 heteroatoms. The van der Waals surface area contributed by atoms with Gasteiger partial charge >= 0.3 is 11.9 Å². The van der Waals surface area contributed by atoms with Gasteiger partial charge < -0.3 is 49.9 Å². The number of hydrogen-bond acceptors (Lipinski definition) is 10. The molecule has 0 radical (unpaired) electrons. The van der Waals surface area contributed by atoms with Crippen LogP contribution in [0.4, 0.5) is 0 Å². The van der Waals surface area contributed by atoms with Crippen molar-refractivity contribution < 1.29 is 57.9 Å². The van der Waals surface area contributed by atoms with E-state index in [9.17, 15) is 28.8 Å². The lowest BCUT2D eigenvalue weighted by molar-refractivity contribution is -0.143. The molecule has 0 saturated heterocycles. The largest absolute Gasteiger partial charge is 0.481 e. The van der Waals surface area contributed by atoms with E-state index in [1.54, 1.807) is 0 Å².